The SMILES string of the molecule is COc1ccc(-c2c(-c3ccncc3)nnn2CC(=O)OCC(C)C)cc1. The first-order valence-electron chi connectivity index (χ1n) is 8.72. The summed E-state index contributed by atoms with van der Waals surface area (Å²) in [6, 6.07) is 11.3. The highest BCUT2D eigenvalue weighted by Crippen LogP contribution is 2.31. The van der Waals surface area contributed by atoms with E-state index in [9.17, 15) is 4.79 Å². The van der Waals surface area contributed by atoms with Crippen molar-refractivity contribution >= 4 is 5.97 Å². The summed E-state index contributed by atoms with van der Waals surface area (Å²) in [7, 11) is 1.62. The van der Waals surface area contributed by atoms with Gasteiger partial charge in [0.25, 0.3) is 0 Å². The van der Waals surface area contributed by atoms with Crippen LogP contribution in [0.25, 0.3) is 22.5 Å². The standard InChI is InChI=1S/C20H22N4O3/c1-14(2)13-27-18(25)12-24-20(16-4-6-17(26-3)7-5-16)19(22-23-24)15-8-10-21-11-9-15/h4-11,14H,12-13H2,1-3H3. The summed E-state index contributed by atoms with van der Waals surface area (Å²) >= 11 is 0. The molecule has 2 heterocycles. The molecule has 140 valence electrons. The third-order valence-electron chi connectivity index (χ3n) is 3.91. The van der Waals surface area contributed by atoms with Gasteiger partial charge in [-0.2, -0.15) is 0 Å². The van der Waals surface area contributed by atoms with E-state index in [1.807, 2.05) is 50.2 Å². The molecule has 0 radical (unpaired) electrons. The lowest BCUT2D eigenvalue weighted by Gasteiger charge is -2.10. The lowest BCUT2D eigenvalue weighted by Crippen LogP contribution is -2.17. The molecule has 0 atom stereocenters. The van der Waals surface area contributed by atoms with Gasteiger partial charge in [-0.25, -0.2) is 4.68 Å². The number of hydrogen-bond donors (Lipinski definition) is 0. The zero-order valence-corrected chi connectivity index (χ0v) is 15.6. The van der Waals surface area contributed by atoms with Crippen molar-refractivity contribution in [2.24, 2.45) is 5.92 Å². The monoisotopic (exact) mass is 366 g/mol. The molecule has 7 nitrogen and oxygen atoms in total. The Hall–Kier alpha value is -3.22. The number of esters is 1. The van der Waals surface area contributed by atoms with Crippen LogP contribution in [0.5, 0.6) is 5.75 Å². The molecular formula is C20H22N4O3. The molecule has 0 aliphatic carbocycles. The van der Waals surface area contributed by atoms with Crippen LogP contribution in [0.15, 0.2) is 48.8 Å². The van der Waals surface area contributed by atoms with Crippen molar-refractivity contribution in [3.8, 4) is 28.3 Å². The summed E-state index contributed by atoms with van der Waals surface area (Å²) in [5, 5.41) is 8.49. The number of nitrogens with zero attached hydrogens (tertiary/aromatic N) is 4. The van der Waals surface area contributed by atoms with E-state index in [-0.39, 0.29) is 18.4 Å². The predicted octanol–water partition coefficient (Wildman–Crippen LogP) is 3.21. The molecule has 0 amide bonds. The van der Waals surface area contributed by atoms with Crippen molar-refractivity contribution in [1.29, 1.82) is 0 Å². The summed E-state index contributed by atoms with van der Waals surface area (Å²) in [6.07, 6.45) is 3.39. The maximum Gasteiger partial charge on any atom is 0.327 e. The van der Waals surface area contributed by atoms with Gasteiger partial charge >= 0.3 is 5.97 Å². The molecule has 0 aliphatic heterocycles. The zero-order valence-electron chi connectivity index (χ0n) is 15.6. The first-order valence-corrected chi connectivity index (χ1v) is 8.72. The quantitative estimate of drug-likeness (QED) is 0.598. The topological polar surface area (TPSA) is 79.1 Å². The number of benzene rings is 1. The third-order valence-corrected chi connectivity index (χ3v) is 3.91. The van der Waals surface area contributed by atoms with E-state index >= 15 is 0 Å². The summed E-state index contributed by atoms with van der Waals surface area (Å²) in [5.41, 5.74) is 3.17. The number of rotatable bonds is 7. The average molecular weight is 366 g/mol. The molecular weight excluding hydrogens is 344 g/mol. The van der Waals surface area contributed by atoms with Crippen LogP contribution in [0.3, 0.4) is 0 Å². The fourth-order valence-corrected chi connectivity index (χ4v) is 2.59. The molecule has 0 saturated heterocycles. The van der Waals surface area contributed by atoms with Crippen molar-refractivity contribution in [2.45, 2.75) is 20.4 Å². The maximum atomic E-state index is 12.2. The summed E-state index contributed by atoms with van der Waals surface area (Å²) in [5.74, 6) is 0.683. The van der Waals surface area contributed by atoms with Gasteiger partial charge in [0.1, 0.15) is 18.0 Å². The second-order valence-corrected chi connectivity index (χ2v) is 6.49. The first-order chi connectivity index (χ1) is 13.1. The molecule has 0 bridgehead atoms. The molecule has 0 spiro atoms. The molecule has 0 fully saturated rings. The van der Waals surface area contributed by atoms with E-state index < -0.39 is 0 Å². The van der Waals surface area contributed by atoms with E-state index in [4.69, 9.17) is 9.47 Å². The van der Waals surface area contributed by atoms with Gasteiger partial charge < -0.3 is 9.47 Å². The Kier molecular flexibility index (Phi) is 5.80. The fourth-order valence-electron chi connectivity index (χ4n) is 2.59. The number of ether oxygens (including phenoxy) is 2. The second-order valence-electron chi connectivity index (χ2n) is 6.49. The summed E-state index contributed by atoms with van der Waals surface area (Å²) < 4.78 is 12.1. The van der Waals surface area contributed by atoms with Gasteiger partial charge in [0.2, 0.25) is 0 Å². The normalized spacial score (nSPS) is 10.8. The molecule has 7 heteroatoms. The highest BCUT2D eigenvalue weighted by molar-refractivity contribution is 5.79. The minimum Gasteiger partial charge on any atom is -0.497 e. The van der Waals surface area contributed by atoms with E-state index in [1.54, 1.807) is 24.2 Å². The summed E-state index contributed by atoms with van der Waals surface area (Å²) in [4.78, 5) is 16.3. The van der Waals surface area contributed by atoms with Crippen molar-refractivity contribution in [3.63, 3.8) is 0 Å². The van der Waals surface area contributed by atoms with Crippen molar-refractivity contribution in [2.75, 3.05) is 13.7 Å². The highest BCUT2D eigenvalue weighted by Gasteiger charge is 2.19. The molecule has 0 unspecified atom stereocenters. The van der Waals surface area contributed by atoms with Crippen LogP contribution >= 0.6 is 0 Å². The van der Waals surface area contributed by atoms with E-state index in [0.29, 0.717) is 12.3 Å². The number of carbonyl (C=O) groups excluding carboxylic acids is 1. The highest BCUT2D eigenvalue weighted by atomic mass is 16.5. The number of hydrogen-bond acceptors (Lipinski definition) is 6. The Bertz CT molecular complexity index is 889. The predicted molar refractivity (Wildman–Crippen MR) is 101 cm³/mol. The Morgan fingerprint density at radius 3 is 2.41 bits per heavy atom. The van der Waals surface area contributed by atoms with Crippen LogP contribution in [-0.4, -0.2) is 39.7 Å². The second kappa shape index (κ2) is 8.44. The molecule has 1 aromatic carbocycles. The van der Waals surface area contributed by atoms with Crippen molar-refractivity contribution in [1.82, 2.24) is 20.0 Å². The van der Waals surface area contributed by atoms with Gasteiger partial charge in [-0.3, -0.25) is 9.78 Å². The first kappa shape index (κ1) is 18.6. The minimum atomic E-state index is -0.343. The minimum absolute atomic E-state index is 0.00777. The number of aromatic nitrogens is 4. The molecule has 0 aliphatic rings. The van der Waals surface area contributed by atoms with Crippen molar-refractivity contribution in [3.05, 3.63) is 48.8 Å². The largest absolute Gasteiger partial charge is 0.497 e. The Balaban J connectivity index is 1.98. The van der Waals surface area contributed by atoms with Crippen molar-refractivity contribution < 1.29 is 14.3 Å². The molecule has 0 saturated carbocycles. The third kappa shape index (κ3) is 4.49. The lowest BCUT2D eigenvalue weighted by molar-refractivity contribution is -0.145. The van der Waals surface area contributed by atoms with Gasteiger partial charge in [0, 0.05) is 23.5 Å². The Morgan fingerprint density at radius 1 is 1.07 bits per heavy atom. The average Bonchev–Trinajstić information content (AvgIpc) is 3.10. The van der Waals surface area contributed by atoms with E-state index in [2.05, 4.69) is 15.3 Å². The van der Waals surface area contributed by atoms with Gasteiger partial charge in [-0.05, 0) is 42.3 Å². The number of carbonyl (C=O) groups is 1. The van der Waals surface area contributed by atoms with Gasteiger partial charge in [0.05, 0.1) is 19.4 Å². The molecule has 0 N–H and O–H groups in total. The molecule has 3 aromatic rings. The number of methoxy groups -OCH3 is 1. The van der Waals surface area contributed by atoms with Crippen LogP contribution < -0.4 is 4.74 Å². The van der Waals surface area contributed by atoms with Crippen LogP contribution in [-0.2, 0) is 16.1 Å². The zero-order chi connectivity index (χ0) is 19.2. The molecule has 27 heavy (non-hydrogen) atoms. The number of pyridine rings is 1. The molecule has 3 rings (SSSR count). The van der Waals surface area contributed by atoms with Gasteiger partial charge in [-0.1, -0.05) is 19.1 Å². The van der Waals surface area contributed by atoms with E-state index in [1.165, 1.54) is 0 Å². The Labute approximate surface area is 158 Å². The van der Waals surface area contributed by atoms with Gasteiger partial charge in [-0.15, -0.1) is 5.10 Å². The Morgan fingerprint density at radius 2 is 1.78 bits per heavy atom. The lowest BCUT2D eigenvalue weighted by atomic mass is 10.1. The van der Waals surface area contributed by atoms with Gasteiger partial charge in [0.15, 0.2) is 0 Å². The maximum absolute atomic E-state index is 12.2. The van der Waals surface area contributed by atoms with Crippen LogP contribution in [0, 0.1) is 5.92 Å². The fraction of sp³-hybridized carbons (Fsp3) is 0.300. The molecule has 2 aromatic heterocycles. The summed E-state index contributed by atoms with van der Waals surface area (Å²) in [6.45, 7) is 4.36. The van der Waals surface area contributed by atoms with E-state index in [0.717, 1.165) is 22.6 Å². The van der Waals surface area contributed by atoms with Crippen LogP contribution in [0.2, 0.25) is 0 Å². The smallest absolute Gasteiger partial charge is 0.327 e. The van der Waals surface area contributed by atoms with Crippen LogP contribution in [0.1, 0.15) is 13.8 Å². The van der Waals surface area contributed by atoms with Crippen LogP contribution in [0.4, 0.5) is 0 Å².